The number of imide groups is 1. The largest absolute Gasteiger partial charge is 0.459 e. The number of para-hydroxylation sites is 1. The Balaban J connectivity index is 1.78. The van der Waals surface area contributed by atoms with E-state index in [0.717, 1.165) is 16.7 Å². The number of hydrogen-bond donors (Lipinski definition) is 1. The van der Waals surface area contributed by atoms with E-state index in [4.69, 9.17) is 4.42 Å². The van der Waals surface area contributed by atoms with E-state index in [1.54, 1.807) is 0 Å². The van der Waals surface area contributed by atoms with Gasteiger partial charge in [0.25, 0.3) is 0 Å². The van der Waals surface area contributed by atoms with Crippen LogP contribution in [0.1, 0.15) is 25.1 Å². The van der Waals surface area contributed by atoms with Crippen LogP contribution in [0.3, 0.4) is 0 Å². The molecule has 1 saturated heterocycles. The zero-order valence-corrected chi connectivity index (χ0v) is 11.4. The average Bonchev–Trinajstić information content (AvgIpc) is 2.97. The van der Waals surface area contributed by atoms with Crippen LogP contribution in [0.5, 0.6) is 0 Å². The van der Waals surface area contributed by atoms with Crippen LogP contribution < -0.4 is 5.32 Å². The molecule has 0 radical (unpaired) electrons. The number of nitrogens with zero attached hydrogens (tertiary/aromatic N) is 1. The molecule has 2 heterocycles. The van der Waals surface area contributed by atoms with Crippen LogP contribution in [0.2, 0.25) is 0 Å². The number of benzene rings is 1. The Hall–Kier alpha value is -2.14. The van der Waals surface area contributed by atoms with E-state index >= 15 is 0 Å². The molecule has 2 atom stereocenters. The number of fused-ring (bicyclic) bond motifs is 1. The minimum Gasteiger partial charge on any atom is -0.459 e. The summed E-state index contributed by atoms with van der Waals surface area (Å²) in [7, 11) is 1.51. The lowest BCUT2D eigenvalue weighted by Crippen LogP contribution is -2.38. The Morgan fingerprint density at radius 1 is 1.35 bits per heavy atom. The summed E-state index contributed by atoms with van der Waals surface area (Å²) in [6.07, 6.45) is 0.208. The summed E-state index contributed by atoms with van der Waals surface area (Å²) in [5.41, 5.74) is 0.821. The molecule has 5 heteroatoms. The average molecular weight is 272 g/mol. The molecule has 104 valence electrons. The Morgan fingerprint density at radius 3 is 2.75 bits per heavy atom. The van der Waals surface area contributed by atoms with Gasteiger partial charge in [-0.05, 0) is 19.1 Å². The number of likely N-dealkylation sites (tertiary alicyclic amines) is 1. The van der Waals surface area contributed by atoms with Gasteiger partial charge < -0.3 is 4.42 Å². The van der Waals surface area contributed by atoms with E-state index in [1.807, 2.05) is 37.3 Å². The molecule has 1 N–H and O–H groups in total. The first-order valence-electron chi connectivity index (χ1n) is 6.61. The van der Waals surface area contributed by atoms with Crippen molar-refractivity contribution in [2.75, 3.05) is 7.05 Å². The van der Waals surface area contributed by atoms with Gasteiger partial charge in [0.15, 0.2) is 0 Å². The predicted molar refractivity (Wildman–Crippen MR) is 73.9 cm³/mol. The summed E-state index contributed by atoms with van der Waals surface area (Å²) < 4.78 is 5.76. The highest BCUT2D eigenvalue weighted by molar-refractivity contribution is 6.05. The molecule has 3 rings (SSSR count). The van der Waals surface area contributed by atoms with Crippen molar-refractivity contribution < 1.29 is 14.0 Å². The molecule has 1 aliphatic heterocycles. The van der Waals surface area contributed by atoms with Crippen LogP contribution in [0.25, 0.3) is 11.0 Å². The number of rotatable bonds is 3. The van der Waals surface area contributed by atoms with E-state index in [-0.39, 0.29) is 24.3 Å². The highest BCUT2D eigenvalue weighted by Crippen LogP contribution is 2.25. The van der Waals surface area contributed by atoms with Gasteiger partial charge in [0.05, 0.1) is 18.5 Å². The number of amides is 2. The maximum Gasteiger partial charge on any atom is 0.246 e. The van der Waals surface area contributed by atoms with Gasteiger partial charge in [-0.2, -0.15) is 0 Å². The third-order valence-electron chi connectivity index (χ3n) is 3.70. The van der Waals surface area contributed by atoms with Gasteiger partial charge in [0, 0.05) is 12.4 Å². The van der Waals surface area contributed by atoms with Crippen LogP contribution >= 0.6 is 0 Å². The summed E-state index contributed by atoms with van der Waals surface area (Å²) >= 11 is 0. The molecule has 2 aromatic rings. The van der Waals surface area contributed by atoms with Crippen molar-refractivity contribution in [2.24, 2.45) is 0 Å². The van der Waals surface area contributed by atoms with Gasteiger partial charge in [-0.15, -0.1) is 0 Å². The fraction of sp³-hybridized carbons (Fsp3) is 0.333. The van der Waals surface area contributed by atoms with E-state index in [1.165, 1.54) is 11.9 Å². The van der Waals surface area contributed by atoms with Crippen molar-refractivity contribution in [1.29, 1.82) is 0 Å². The van der Waals surface area contributed by atoms with Crippen molar-refractivity contribution >= 4 is 22.8 Å². The van der Waals surface area contributed by atoms with Crippen molar-refractivity contribution in [3.05, 3.63) is 36.1 Å². The molecule has 2 unspecified atom stereocenters. The molecule has 5 nitrogen and oxygen atoms in total. The van der Waals surface area contributed by atoms with Crippen LogP contribution in [0.4, 0.5) is 0 Å². The molecular weight excluding hydrogens is 256 g/mol. The SMILES string of the molecule is CC(NC1CC(=O)N(C)C1=O)c1cc2ccccc2o1. The number of furan rings is 1. The lowest BCUT2D eigenvalue weighted by atomic mass is 10.1. The van der Waals surface area contributed by atoms with Gasteiger partial charge in [-0.1, -0.05) is 18.2 Å². The maximum atomic E-state index is 11.9. The minimum absolute atomic E-state index is 0.129. The summed E-state index contributed by atoms with van der Waals surface area (Å²) in [4.78, 5) is 24.5. The smallest absolute Gasteiger partial charge is 0.246 e. The highest BCUT2D eigenvalue weighted by atomic mass is 16.3. The molecule has 0 bridgehead atoms. The standard InChI is InChI=1S/C15H16N2O3/c1-9(16-11-8-14(18)17(2)15(11)19)13-7-10-5-3-4-6-12(10)20-13/h3-7,9,11,16H,8H2,1-2H3. The van der Waals surface area contributed by atoms with E-state index < -0.39 is 6.04 Å². The molecule has 0 spiro atoms. The summed E-state index contributed by atoms with van der Waals surface area (Å²) in [6.45, 7) is 1.92. The summed E-state index contributed by atoms with van der Waals surface area (Å²) in [5, 5.41) is 4.19. The van der Waals surface area contributed by atoms with Gasteiger partial charge in [-0.25, -0.2) is 0 Å². The maximum absolute atomic E-state index is 11.9. The van der Waals surface area contributed by atoms with Crippen LogP contribution in [0, 0.1) is 0 Å². The molecule has 2 amide bonds. The Labute approximate surface area is 116 Å². The molecule has 0 aliphatic carbocycles. The monoisotopic (exact) mass is 272 g/mol. The highest BCUT2D eigenvalue weighted by Gasteiger charge is 2.36. The zero-order valence-electron chi connectivity index (χ0n) is 11.4. The number of nitrogens with one attached hydrogen (secondary N) is 1. The zero-order chi connectivity index (χ0) is 14.3. The van der Waals surface area contributed by atoms with Crippen molar-refractivity contribution in [3.63, 3.8) is 0 Å². The Bertz CT molecular complexity index is 644. The molecular formula is C15H16N2O3. The van der Waals surface area contributed by atoms with Crippen molar-refractivity contribution in [3.8, 4) is 0 Å². The Kier molecular flexibility index (Phi) is 3.06. The minimum atomic E-state index is -0.462. The molecule has 20 heavy (non-hydrogen) atoms. The van der Waals surface area contributed by atoms with E-state index in [2.05, 4.69) is 5.32 Å². The van der Waals surface area contributed by atoms with Gasteiger partial charge in [0.2, 0.25) is 11.8 Å². The number of carbonyl (C=O) groups excluding carboxylic acids is 2. The first-order valence-corrected chi connectivity index (χ1v) is 6.61. The lowest BCUT2D eigenvalue weighted by molar-refractivity contribution is -0.137. The fourth-order valence-electron chi connectivity index (χ4n) is 2.49. The second-order valence-electron chi connectivity index (χ2n) is 5.12. The molecule has 0 saturated carbocycles. The van der Waals surface area contributed by atoms with Gasteiger partial charge in [-0.3, -0.25) is 19.8 Å². The van der Waals surface area contributed by atoms with Crippen LogP contribution in [0.15, 0.2) is 34.7 Å². The van der Waals surface area contributed by atoms with Gasteiger partial charge >= 0.3 is 0 Å². The summed E-state index contributed by atoms with van der Waals surface area (Å²) in [6, 6.07) is 9.12. The summed E-state index contributed by atoms with van der Waals surface area (Å²) in [5.74, 6) is 0.434. The molecule has 1 aromatic carbocycles. The third kappa shape index (κ3) is 2.10. The molecule has 1 aliphatic rings. The fourth-order valence-corrected chi connectivity index (χ4v) is 2.49. The van der Waals surface area contributed by atoms with Gasteiger partial charge in [0.1, 0.15) is 11.3 Å². The first kappa shape index (κ1) is 12.9. The predicted octanol–water partition coefficient (Wildman–Crippen LogP) is 1.84. The normalized spacial score (nSPS) is 20.9. The molecule has 1 aromatic heterocycles. The van der Waals surface area contributed by atoms with Crippen LogP contribution in [-0.2, 0) is 9.59 Å². The molecule has 1 fully saturated rings. The van der Waals surface area contributed by atoms with E-state index in [0.29, 0.717) is 0 Å². The van der Waals surface area contributed by atoms with Crippen LogP contribution in [-0.4, -0.2) is 29.8 Å². The Morgan fingerprint density at radius 2 is 2.10 bits per heavy atom. The van der Waals surface area contributed by atoms with Crippen molar-refractivity contribution in [1.82, 2.24) is 10.2 Å². The lowest BCUT2D eigenvalue weighted by Gasteiger charge is -2.15. The number of carbonyl (C=O) groups is 2. The topological polar surface area (TPSA) is 62.6 Å². The van der Waals surface area contributed by atoms with E-state index in [9.17, 15) is 9.59 Å². The second kappa shape index (κ2) is 4.76. The quantitative estimate of drug-likeness (QED) is 0.866. The second-order valence-corrected chi connectivity index (χ2v) is 5.12. The number of likely N-dealkylation sites (N-methyl/N-ethyl adjacent to an activating group) is 1. The number of hydrogen-bond acceptors (Lipinski definition) is 4. The first-order chi connectivity index (χ1) is 9.56. The third-order valence-corrected chi connectivity index (χ3v) is 3.70. The van der Waals surface area contributed by atoms with Crippen molar-refractivity contribution in [2.45, 2.75) is 25.4 Å².